The van der Waals surface area contributed by atoms with E-state index in [9.17, 15) is 9.90 Å². The third-order valence-electron chi connectivity index (χ3n) is 12.0. The van der Waals surface area contributed by atoms with Crippen molar-refractivity contribution in [2.24, 2.45) is 11.8 Å². The summed E-state index contributed by atoms with van der Waals surface area (Å²) in [5, 5.41) is 14.9. The largest absolute Gasteiger partial charge is 0.512 e. The van der Waals surface area contributed by atoms with Crippen molar-refractivity contribution >= 4 is 48.1 Å². The summed E-state index contributed by atoms with van der Waals surface area (Å²) in [4.78, 5) is 16.7. The molecule has 0 amide bonds. The molecule has 0 bridgehead atoms. The Balaban J connectivity index is 0.000000236. The first kappa shape index (κ1) is 37.9. The summed E-state index contributed by atoms with van der Waals surface area (Å²) in [5.74, 6) is 0.991. The zero-order chi connectivity index (χ0) is 35.4. The predicted molar refractivity (Wildman–Crippen MR) is 213 cm³/mol. The zero-order valence-corrected chi connectivity index (χ0v) is 34.8. The van der Waals surface area contributed by atoms with Crippen LogP contribution in [0.15, 0.2) is 66.6 Å². The van der Waals surface area contributed by atoms with Crippen molar-refractivity contribution in [1.82, 2.24) is 4.98 Å². The molecule has 271 valence electrons. The van der Waals surface area contributed by atoms with Gasteiger partial charge in [-0.1, -0.05) is 103 Å². The molecule has 2 fully saturated rings. The number of benzene rings is 3. The monoisotopic (exact) mass is 877 g/mol. The summed E-state index contributed by atoms with van der Waals surface area (Å²) in [7, 11) is 0. The van der Waals surface area contributed by atoms with Crippen LogP contribution in [-0.4, -0.2) is 15.9 Å². The molecular formula is C46H54IrNO2S-. The van der Waals surface area contributed by atoms with Crippen LogP contribution < -0.4 is 0 Å². The van der Waals surface area contributed by atoms with Gasteiger partial charge in [-0.3, -0.25) is 9.78 Å². The molecule has 0 unspecified atom stereocenters. The van der Waals surface area contributed by atoms with Crippen LogP contribution in [0.2, 0.25) is 0 Å². The number of carbonyl (C=O) groups excluding carboxylic acids is 1. The summed E-state index contributed by atoms with van der Waals surface area (Å²) in [6.45, 7) is 16.5. The van der Waals surface area contributed by atoms with E-state index in [-0.39, 0.29) is 54.0 Å². The predicted octanol–water partition coefficient (Wildman–Crippen LogP) is 13.1. The van der Waals surface area contributed by atoms with Gasteiger partial charge in [0.1, 0.15) is 0 Å². The third kappa shape index (κ3) is 7.51. The average molecular weight is 877 g/mol. The molecule has 3 aliphatic carbocycles. The summed E-state index contributed by atoms with van der Waals surface area (Å²) in [5.41, 5.74) is 6.99. The molecule has 8 rings (SSSR count). The van der Waals surface area contributed by atoms with Crippen molar-refractivity contribution in [3.8, 4) is 11.3 Å². The van der Waals surface area contributed by atoms with Crippen LogP contribution in [0.4, 0.5) is 0 Å². The van der Waals surface area contributed by atoms with Gasteiger partial charge in [0.15, 0.2) is 5.78 Å². The second-order valence-corrected chi connectivity index (χ2v) is 18.7. The minimum absolute atomic E-state index is 0. The van der Waals surface area contributed by atoms with Crippen molar-refractivity contribution in [3.63, 3.8) is 0 Å². The molecule has 5 aromatic rings. The van der Waals surface area contributed by atoms with Crippen molar-refractivity contribution in [2.75, 3.05) is 0 Å². The number of aliphatic hydroxyl groups is 1. The molecular weight excluding hydrogens is 823 g/mol. The number of allylic oxidation sites excluding steroid dienone is 2. The van der Waals surface area contributed by atoms with Gasteiger partial charge in [-0.2, -0.15) is 0 Å². The van der Waals surface area contributed by atoms with Crippen molar-refractivity contribution in [3.05, 3.63) is 89.3 Å². The fraction of sp³-hybridized carbons (Fsp3) is 0.478. The number of carbonyl (C=O) groups is 1. The van der Waals surface area contributed by atoms with Crippen molar-refractivity contribution < 1.29 is 30.0 Å². The van der Waals surface area contributed by atoms with Gasteiger partial charge >= 0.3 is 0 Å². The summed E-state index contributed by atoms with van der Waals surface area (Å²) in [6.07, 6.45) is 14.9. The molecule has 1 radical (unpaired) electrons. The quantitative estimate of drug-likeness (QED) is 0.111. The average Bonchev–Trinajstić information content (AvgIpc) is 3.87. The molecule has 0 atom stereocenters. The molecule has 0 spiro atoms. The molecule has 0 aliphatic heterocycles. The fourth-order valence-electron chi connectivity index (χ4n) is 8.75. The number of thiophene rings is 1. The summed E-state index contributed by atoms with van der Waals surface area (Å²) in [6, 6.07) is 21.9. The van der Waals surface area contributed by atoms with Gasteiger partial charge in [0.25, 0.3) is 0 Å². The number of aromatic nitrogens is 1. The minimum atomic E-state index is 0. The van der Waals surface area contributed by atoms with E-state index in [0.29, 0.717) is 5.76 Å². The number of hydrogen-bond acceptors (Lipinski definition) is 4. The SMILES string of the molecule is CC(C)(C)c1cc(-c2nccc3c2sc2cc4c(cc23)C(C)(C)CCC4(C)C)[c-]c2ccccc12.O=C(/C=C(\O)C1CCCC1)C1CCCC1.[Ir]. The molecule has 2 heterocycles. The van der Waals surface area contributed by atoms with E-state index in [4.69, 9.17) is 4.98 Å². The summed E-state index contributed by atoms with van der Waals surface area (Å²) >= 11 is 1.89. The first-order chi connectivity index (χ1) is 23.7. The number of fused-ring (bicyclic) bond motifs is 5. The van der Waals surface area contributed by atoms with Crippen LogP contribution in [0.5, 0.6) is 0 Å². The maximum absolute atomic E-state index is 11.8. The van der Waals surface area contributed by atoms with Crippen LogP contribution in [0, 0.1) is 17.9 Å². The van der Waals surface area contributed by atoms with Crippen LogP contribution in [0.25, 0.3) is 42.2 Å². The molecule has 5 heteroatoms. The molecule has 3 nitrogen and oxygen atoms in total. The van der Waals surface area contributed by atoms with E-state index in [2.05, 4.69) is 103 Å². The number of ketones is 1. The van der Waals surface area contributed by atoms with Gasteiger partial charge in [-0.15, -0.1) is 40.5 Å². The van der Waals surface area contributed by atoms with Gasteiger partial charge in [0.2, 0.25) is 0 Å². The van der Waals surface area contributed by atoms with Gasteiger partial charge in [0, 0.05) is 64.7 Å². The maximum Gasteiger partial charge on any atom is 0.162 e. The van der Waals surface area contributed by atoms with Crippen molar-refractivity contribution in [2.45, 2.75) is 129 Å². The van der Waals surface area contributed by atoms with Crippen molar-refractivity contribution in [1.29, 1.82) is 0 Å². The van der Waals surface area contributed by atoms with Crippen LogP contribution in [-0.2, 0) is 41.1 Å². The van der Waals surface area contributed by atoms with E-state index < -0.39 is 0 Å². The maximum atomic E-state index is 11.8. The van der Waals surface area contributed by atoms with Gasteiger partial charge in [0.05, 0.1) is 5.76 Å². The number of pyridine rings is 1. The Hall–Kier alpha value is -2.85. The zero-order valence-electron chi connectivity index (χ0n) is 31.5. The minimum Gasteiger partial charge on any atom is -0.512 e. The first-order valence-corrected chi connectivity index (χ1v) is 19.8. The topological polar surface area (TPSA) is 50.2 Å². The van der Waals surface area contributed by atoms with E-state index >= 15 is 0 Å². The Labute approximate surface area is 322 Å². The molecule has 51 heavy (non-hydrogen) atoms. The standard InChI is InChI=1S/C33H34NS.C13H20O2.Ir/c1-31(2,3)25-17-21(16-20-10-8-9-11-22(20)25)29-30-23(12-15-34-29)24-18-26-27(19-28(24)35-30)33(6,7)14-13-32(26,4)5;14-12(10-5-1-2-6-10)9-13(15)11-7-3-4-8-11;/h8-12,15,17-19H,13-14H2,1-7H3;9-11,14H,1-8H2;/q-1;;/b;12-9-;. The van der Waals surface area contributed by atoms with Crippen LogP contribution >= 0.6 is 11.3 Å². The second kappa shape index (κ2) is 14.5. The molecule has 3 aromatic carbocycles. The molecule has 2 saturated carbocycles. The molecule has 0 saturated heterocycles. The van der Waals surface area contributed by atoms with E-state index in [1.165, 1.54) is 86.8 Å². The Morgan fingerprint density at radius 3 is 2.10 bits per heavy atom. The van der Waals surface area contributed by atoms with E-state index in [1.807, 2.05) is 17.5 Å². The number of nitrogens with zero attached hydrogens (tertiary/aromatic N) is 1. The molecule has 2 aromatic heterocycles. The second-order valence-electron chi connectivity index (χ2n) is 17.6. The van der Waals surface area contributed by atoms with E-state index in [1.54, 1.807) is 0 Å². The summed E-state index contributed by atoms with van der Waals surface area (Å²) < 4.78 is 2.64. The Bertz CT molecular complexity index is 2100. The van der Waals surface area contributed by atoms with Crippen LogP contribution in [0.3, 0.4) is 0 Å². The number of hydrogen-bond donors (Lipinski definition) is 1. The third-order valence-corrected chi connectivity index (χ3v) is 13.2. The molecule has 3 aliphatic rings. The smallest absolute Gasteiger partial charge is 0.162 e. The normalized spacial score (nSPS) is 19.2. The Morgan fingerprint density at radius 2 is 1.45 bits per heavy atom. The Kier molecular flexibility index (Phi) is 10.8. The number of rotatable bonds is 4. The Morgan fingerprint density at radius 1 is 0.843 bits per heavy atom. The number of aliphatic hydroxyl groups excluding tert-OH is 1. The van der Waals surface area contributed by atoms with E-state index in [0.717, 1.165) is 42.3 Å². The van der Waals surface area contributed by atoms with Gasteiger partial charge < -0.3 is 5.11 Å². The van der Waals surface area contributed by atoms with Crippen LogP contribution in [0.1, 0.15) is 129 Å². The molecule has 1 N–H and O–H groups in total. The fourth-order valence-corrected chi connectivity index (χ4v) is 9.97. The van der Waals surface area contributed by atoms with Gasteiger partial charge in [-0.05, 0) is 89.5 Å². The first-order valence-electron chi connectivity index (χ1n) is 19.0. The van der Waals surface area contributed by atoms with Gasteiger partial charge in [-0.25, -0.2) is 0 Å².